The highest BCUT2D eigenvalue weighted by Crippen LogP contribution is 2.30. The molecule has 148 valence electrons. The molecule has 1 aliphatic rings. The third-order valence-electron chi connectivity index (χ3n) is 3.84. The zero-order chi connectivity index (χ0) is 20.3. The molecule has 2 amide bonds. The highest BCUT2D eigenvalue weighted by Gasteiger charge is 2.28. The minimum Gasteiger partial charge on any atom is -0.496 e. The lowest BCUT2D eigenvalue weighted by Crippen LogP contribution is -2.50. The van der Waals surface area contributed by atoms with Crippen LogP contribution in [0.5, 0.6) is 17.2 Å². The van der Waals surface area contributed by atoms with Gasteiger partial charge >= 0.3 is 0 Å². The number of primary sulfonamides is 1. The van der Waals surface area contributed by atoms with Gasteiger partial charge in [0, 0.05) is 0 Å². The Morgan fingerprint density at radius 1 is 1.14 bits per heavy atom. The number of methoxy groups -OCH3 is 1. The third kappa shape index (κ3) is 4.15. The van der Waals surface area contributed by atoms with E-state index in [0.717, 1.165) is 6.07 Å². The van der Waals surface area contributed by atoms with Crippen LogP contribution in [0.25, 0.3) is 0 Å². The van der Waals surface area contributed by atoms with Crippen LogP contribution >= 0.6 is 0 Å². The van der Waals surface area contributed by atoms with Gasteiger partial charge in [-0.25, -0.2) is 13.6 Å². The van der Waals surface area contributed by atoms with Crippen LogP contribution in [-0.2, 0) is 14.8 Å². The molecule has 0 aromatic heterocycles. The highest BCUT2D eigenvalue weighted by molar-refractivity contribution is 7.89. The molecule has 28 heavy (non-hydrogen) atoms. The maximum atomic E-state index is 12.4. The number of carbonyl (C=O) groups is 2. The summed E-state index contributed by atoms with van der Waals surface area (Å²) >= 11 is 0. The summed E-state index contributed by atoms with van der Waals surface area (Å²) in [5.74, 6) is -0.426. The number of nitrogens with two attached hydrogens (primary N) is 1. The van der Waals surface area contributed by atoms with Crippen LogP contribution in [0, 0.1) is 0 Å². The third-order valence-corrected chi connectivity index (χ3v) is 4.76. The average molecular weight is 407 g/mol. The summed E-state index contributed by atoms with van der Waals surface area (Å²) in [5.41, 5.74) is 4.27. The second kappa shape index (κ2) is 7.74. The second-order valence-electron chi connectivity index (χ2n) is 5.71. The van der Waals surface area contributed by atoms with E-state index in [9.17, 15) is 18.0 Å². The molecule has 0 saturated carbocycles. The fraction of sp³-hybridized carbons (Fsp3) is 0.176. The summed E-state index contributed by atoms with van der Waals surface area (Å²) in [5, 5.41) is 5.08. The van der Waals surface area contributed by atoms with Crippen molar-refractivity contribution in [2.24, 2.45) is 5.14 Å². The maximum absolute atomic E-state index is 12.4. The Labute approximate surface area is 160 Å². The molecule has 0 spiro atoms. The summed E-state index contributed by atoms with van der Waals surface area (Å²) in [6.07, 6.45) is -0.979. The van der Waals surface area contributed by atoms with Crippen LogP contribution < -0.4 is 30.2 Å². The van der Waals surface area contributed by atoms with Crippen molar-refractivity contribution in [2.45, 2.75) is 11.0 Å². The quantitative estimate of drug-likeness (QED) is 0.602. The summed E-state index contributed by atoms with van der Waals surface area (Å²) in [6.45, 7) is -0.0387. The molecule has 1 atom stereocenters. The van der Waals surface area contributed by atoms with Gasteiger partial charge in [-0.3, -0.25) is 20.4 Å². The second-order valence-corrected chi connectivity index (χ2v) is 7.28. The lowest BCUT2D eigenvalue weighted by Gasteiger charge is -2.25. The molecule has 0 fully saturated rings. The maximum Gasteiger partial charge on any atom is 0.283 e. The minimum absolute atomic E-state index is 0.0387. The number of sulfonamides is 1. The van der Waals surface area contributed by atoms with E-state index in [4.69, 9.17) is 19.3 Å². The van der Waals surface area contributed by atoms with Gasteiger partial charge in [-0.1, -0.05) is 12.1 Å². The molecule has 2 aromatic rings. The highest BCUT2D eigenvalue weighted by atomic mass is 32.2. The molecule has 0 radical (unpaired) electrons. The Morgan fingerprint density at radius 3 is 2.54 bits per heavy atom. The van der Waals surface area contributed by atoms with Crippen molar-refractivity contribution < 1.29 is 32.2 Å². The zero-order valence-electron chi connectivity index (χ0n) is 14.7. The predicted molar refractivity (Wildman–Crippen MR) is 96.3 cm³/mol. The van der Waals surface area contributed by atoms with Gasteiger partial charge in [0.2, 0.25) is 16.1 Å². The Morgan fingerprint density at radius 2 is 1.86 bits per heavy atom. The molecular weight excluding hydrogens is 390 g/mol. The number of nitrogens with one attached hydrogen (secondary N) is 2. The van der Waals surface area contributed by atoms with Crippen LogP contribution in [0.3, 0.4) is 0 Å². The van der Waals surface area contributed by atoms with Crippen molar-refractivity contribution in [3.63, 3.8) is 0 Å². The number of fused-ring (bicyclic) bond motifs is 1. The van der Waals surface area contributed by atoms with E-state index >= 15 is 0 Å². The van der Waals surface area contributed by atoms with Gasteiger partial charge in [0.05, 0.1) is 17.6 Å². The first-order chi connectivity index (χ1) is 13.3. The number of amides is 2. The summed E-state index contributed by atoms with van der Waals surface area (Å²) in [4.78, 5) is 24.3. The number of hydrogen-bond acceptors (Lipinski definition) is 7. The van der Waals surface area contributed by atoms with Crippen molar-refractivity contribution in [3.8, 4) is 17.2 Å². The van der Waals surface area contributed by atoms with E-state index in [0.29, 0.717) is 11.5 Å². The number of hydrazine groups is 1. The number of carbonyl (C=O) groups excluding carboxylic acids is 2. The molecule has 0 bridgehead atoms. The molecule has 0 aliphatic carbocycles. The average Bonchev–Trinajstić information content (AvgIpc) is 2.70. The lowest BCUT2D eigenvalue weighted by atomic mass is 10.2. The van der Waals surface area contributed by atoms with Crippen LogP contribution in [0.4, 0.5) is 0 Å². The molecule has 11 heteroatoms. The number of ether oxygens (including phenoxy) is 3. The van der Waals surface area contributed by atoms with Gasteiger partial charge in [-0.2, -0.15) is 0 Å². The van der Waals surface area contributed by atoms with E-state index < -0.39 is 27.9 Å². The van der Waals surface area contributed by atoms with E-state index in [2.05, 4.69) is 10.9 Å². The zero-order valence-corrected chi connectivity index (χ0v) is 15.5. The van der Waals surface area contributed by atoms with Gasteiger partial charge in [0.1, 0.15) is 12.4 Å². The van der Waals surface area contributed by atoms with Crippen LogP contribution in [0.1, 0.15) is 10.4 Å². The summed E-state index contributed by atoms with van der Waals surface area (Å²) in [7, 11) is -2.71. The smallest absolute Gasteiger partial charge is 0.283 e. The first-order valence-electron chi connectivity index (χ1n) is 7.99. The van der Waals surface area contributed by atoms with Gasteiger partial charge in [0.15, 0.2) is 11.5 Å². The molecule has 1 aliphatic heterocycles. The first kappa shape index (κ1) is 19.5. The normalized spacial score (nSPS) is 15.4. The lowest BCUT2D eigenvalue weighted by molar-refractivity contribution is -0.131. The first-order valence-corrected chi connectivity index (χ1v) is 9.54. The van der Waals surface area contributed by atoms with E-state index in [1.807, 2.05) is 0 Å². The molecule has 0 unspecified atom stereocenters. The predicted octanol–water partition coefficient (Wildman–Crippen LogP) is -0.0564. The minimum atomic E-state index is -4.02. The fourth-order valence-electron chi connectivity index (χ4n) is 2.46. The van der Waals surface area contributed by atoms with Gasteiger partial charge in [-0.15, -0.1) is 0 Å². The Kier molecular flexibility index (Phi) is 5.38. The standard InChI is InChI=1S/C17H17N3O7S/c1-25-12-7-6-10(28(18,23)24)8-11(12)16(21)19-20-17(22)15-9-26-13-4-2-3-5-14(13)27-15/h2-8,15H,9H2,1H3,(H,19,21)(H,20,22)(H2,18,23,24)/t15-/m0/s1. The number of benzene rings is 2. The molecule has 10 nitrogen and oxygen atoms in total. The number of rotatable bonds is 4. The van der Waals surface area contributed by atoms with Gasteiger partial charge in [-0.05, 0) is 30.3 Å². The van der Waals surface area contributed by atoms with Crippen LogP contribution in [0.2, 0.25) is 0 Å². The summed E-state index contributed by atoms with van der Waals surface area (Å²) < 4.78 is 39.0. The molecule has 4 N–H and O–H groups in total. The van der Waals surface area contributed by atoms with Gasteiger partial charge < -0.3 is 14.2 Å². The van der Waals surface area contributed by atoms with Crippen LogP contribution in [-0.4, -0.2) is 40.1 Å². The van der Waals surface area contributed by atoms with Crippen molar-refractivity contribution in [2.75, 3.05) is 13.7 Å². The van der Waals surface area contributed by atoms with Gasteiger partial charge in [0.25, 0.3) is 11.8 Å². The topological polar surface area (TPSA) is 146 Å². The van der Waals surface area contributed by atoms with Crippen molar-refractivity contribution in [1.82, 2.24) is 10.9 Å². The van der Waals surface area contributed by atoms with Crippen molar-refractivity contribution in [1.29, 1.82) is 0 Å². The monoisotopic (exact) mass is 407 g/mol. The molecule has 3 rings (SSSR count). The number of hydrogen-bond donors (Lipinski definition) is 3. The van der Waals surface area contributed by atoms with E-state index in [1.165, 1.54) is 19.2 Å². The summed E-state index contributed by atoms with van der Waals surface area (Å²) in [6, 6.07) is 10.4. The van der Waals surface area contributed by atoms with Crippen molar-refractivity contribution >= 4 is 21.8 Å². The molecular formula is C17H17N3O7S. The molecule has 2 aromatic carbocycles. The Bertz CT molecular complexity index is 1020. The fourth-order valence-corrected chi connectivity index (χ4v) is 3.00. The SMILES string of the molecule is COc1ccc(S(N)(=O)=O)cc1C(=O)NNC(=O)[C@@H]1COc2ccccc2O1. The molecule has 0 saturated heterocycles. The molecule has 1 heterocycles. The number of para-hydroxylation sites is 2. The van der Waals surface area contributed by atoms with Crippen LogP contribution in [0.15, 0.2) is 47.4 Å². The van der Waals surface area contributed by atoms with Crippen molar-refractivity contribution in [3.05, 3.63) is 48.0 Å². The Balaban J connectivity index is 1.68. The Hall–Kier alpha value is -3.31. The van der Waals surface area contributed by atoms with E-state index in [-0.39, 0.29) is 22.8 Å². The van der Waals surface area contributed by atoms with E-state index in [1.54, 1.807) is 24.3 Å². The largest absolute Gasteiger partial charge is 0.496 e.